The first-order chi connectivity index (χ1) is 3.06. The van der Waals surface area contributed by atoms with Gasteiger partial charge in [-0.3, -0.25) is 0 Å². The Bertz CT molecular complexity index is 130. The van der Waals surface area contributed by atoms with Crippen molar-refractivity contribution in [3.05, 3.63) is 0 Å². The van der Waals surface area contributed by atoms with Crippen LogP contribution in [-0.4, -0.2) is 50.8 Å². The Labute approximate surface area is 72.2 Å². The fraction of sp³-hybridized carbons (Fsp3) is 1.00. The Balaban J connectivity index is 0. The van der Waals surface area contributed by atoms with Gasteiger partial charge >= 0.3 is 0 Å². The van der Waals surface area contributed by atoms with Crippen molar-refractivity contribution >= 4 is 39.6 Å². The smallest absolute Gasteiger partial charge is 0.208 e. The van der Waals surface area contributed by atoms with Gasteiger partial charge in [0.05, 0.1) is 6.26 Å². The van der Waals surface area contributed by atoms with Gasteiger partial charge in [-0.2, -0.15) is 0 Å². The first-order valence-electron chi connectivity index (χ1n) is 2.01. The van der Waals surface area contributed by atoms with Gasteiger partial charge in [-0.1, -0.05) is 6.92 Å². The van der Waals surface area contributed by atoms with Crippen LogP contribution in [0.3, 0.4) is 0 Å². The van der Waals surface area contributed by atoms with Gasteiger partial charge < -0.3 is 0 Å². The zero-order valence-electron chi connectivity index (χ0n) is 5.43. The van der Waals surface area contributed by atoms with Gasteiger partial charge in [-0.15, -0.1) is 0 Å². The molecule has 0 saturated heterocycles. The van der Waals surface area contributed by atoms with E-state index in [9.17, 15) is 8.42 Å². The van der Waals surface area contributed by atoms with E-state index in [1.54, 1.807) is 6.92 Å². The third kappa shape index (κ3) is 10.0. The standard InChI is InChI=1S/C3H9NO2S.Na/c1-3-4-7(2,5)6;/h4H,3H2,1-2H3;. The van der Waals surface area contributed by atoms with E-state index < -0.39 is 10.0 Å². The molecule has 0 rings (SSSR count). The van der Waals surface area contributed by atoms with Crippen molar-refractivity contribution in [2.24, 2.45) is 0 Å². The Morgan fingerprint density at radius 1 is 1.50 bits per heavy atom. The number of sulfonamides is 1. The van der Waals surface area contributed by atoms with E-state index in [0.717, 1.165) is 6.26 Å². The number of rotatable bonds is 2. The van der Waals surface area contributed by atoms with E-state index >= 15 is 0 Å². The van der Waals surface area contributed by atoms with Gasteiger partial charge in [0.25, 0.3) is 0 Å². The first kappa shape index (κ1) is 11.7. The Morgan fingerprint density at radius 2 is 1.88 bits per heavy atom. The van der Waals surface area contributed by atoms with E-state index in [-0.39, 0.29) is 29.6 Å². The third-order valence-electron chi connectivity index (χ3n) is 0.407. The molecule has 0 aliphatic carbocycles. The molecule has 8 heavy (non-hydrogen) atoms. The first-order valence-corrected chi connectivity index (χ1v) is 3.90. The molecule has 0 bridgehead atoms. The van der Waals surface area contributed by atoms with Crippen LogP contribution in [0.5, 0.6) is 0 Å². The molecule has 45 valence electrons. The molecule has 0 heterocycles. The molecule has 0 aliphatic rings. The maximum atomic E-state index is 10.1. The second kappa shape index (κ2) is 4.76. The van der Waals surface area contributed by atoms with Crippen molar-refractivity contribution in [1.82, 2.24) is 4.72 Å². The summed E-state index contributed by atoms with van der Waals surface area (Å²) >= 11 is 0. The van der Waals surface area contributed by atoms with E-state index in [2.05, 4.69) is 4.72 Å². The van der Waals surface area contributed by atoms with Crippen LogP contribution in [0.25, 0.3) is 0 Å². The molecule has 0 aromatic carbocycles. The van der Waals surface area contributed by atoms with Gasteiger partial charge in [0.2, 0.25) is 10.0 Å². The SMILES string of the molecule is CCNS(C)(=O)=O.[Na]. The number of hydrogen-bond donors (Lipinski definition) is 1. The van der Waals surface area contributed by atoms with Crippen LogP contribution in [-0.2, 0) is 10.0 Å². The molecule has 0 atom stereocenters. The van der Waals surface area contributed by atoms with Gasteiger partial charge in [-0.05, 0) is 0 Å². The van der Waals surface area contributed by atoms with Crippen molar-refractivity contribution < 1.29 is 8.42 Å². The summed E-state index contributed by atoms with van der Waals surface area (Å²) in [5.41, 5.74) is 0. The van der Waals surface area contributed by atoms with Crippen LogP contribution >= 0.6 is 0 Å². The summed E-state index contributed by atoms with van der Waals surface area (Å²) in [5, 5.41) is 0. The Hall–Kier alpha value is 0.910. The van der Waals surface area contributed by atoms with E-state index in [4.69, 9.17) is 0 Å². The predicted octanol–water partition coefficient (Wildman–Crippen LogP) is -0.825. The number of hydrogen-bond acceptors (Lipinski definition) is 2. The molecule has 0 aliphatic heterocycles. The summed E-state index contributed by atoms with van der Waals surface area (Å²) < 4.78 is 22.5. The molecule has 0 amide bonds. The molecule has 0 spiro atoms. The summed E-state index contributed by atoms with van der Waals surface area (Å²) in [6.45, 7) is 2.21. The average molecular weight is 146 g/mol. The fourth-order valence-electron chi connectivity index (χ4n) is 0.262. The monoisotopic (exact) mass is 146 g/mol. The van der Waals surface area contributed by atoms with Crippen LogP contribution in [0.2, 0.25) is 0 Å². The molecule has 5 heteroatoms. The van der Waals surface area contributed by atoms with Crippen molar-refractivity contribution in [3.63, 3.8) is 0 Å². The topological polar surface area (TPSA) is 46.2 Å². The minimum absolute atomic E-state index is 0. The molecular weight excluding hydrogens is 137 g/mol. The Kier molecular flexibility index (Phi) is 6.94. The second-order valence-corrected chi connectivity index (χ2v) is 3.10. The minimum atomic E-state index is -2.92. The van der Waals surface area contributed by atoms with Crippen LogP contribution < -0.4 is 4.72 Å². The maximum absolute atomic E-state index is 10.1. The normalized spacial score (nSPS) is 10.2. The molecule has 1 N–H and O–H groups in total. The summed E-state index contributed by atoms with van der Waals surface area (Å²) in [6.07, 6.45) is 1.14. The summed E-state index contributed by atoms with van der Waals surface area (Å²) in [5.74, 6) is 0. The minimum Gasteiger partial charge on any atom is -0.216 e. The Morgan fingerprint density at radius 3 is 1.88 bits per heavy atom. The van der Waals surface area contributed by atoms with Gasteiger partial charge in [0.15, 0.2) is 0 Å². The van der Waals surface area contributed by atoms with Gasteiger partial charge in [0.1, 0.15) is 0 Å². The molecule has 0 aromatic heterocycles. The average Bonchev–Trinajstić information content (AvgIpc) is 1.30. The van der Waals surface area contributed by atoms with E-state index in [1.165, 1.54) is 0 Å². The zero-order valence-corrected chi connectivity index (χ0v) is 8.25. The molecule has 0 saturated carbocycles. The molecule has 3 nitrogen and oxygen atoms in total. The van der Waals surface area contributed by atoms with Crippen molar-refractivity contribution in [2.75, 3.05) is 12.8 Å². The molecular formula is C3H9NNaO2S. The van der Waals surface area contributed by atoms with Gasteiger partial charge in [0, 0.05) is 36.1 Å². The number of nitrogens with one attached hydrogen (secondary N) is 1. The predicted molar refractivity (Wildman–Crippen MR) is 34.3 cm³/mol. The molecule has 0 fully saturated rings. The summed E-state index contributed by atoms with van der Waals surface area (Å²) in [6, 6.07) is 0. The largest absolute Gasteiger partial charge is 0.216 e. The van der Waals surface area contributed by atoms with E-state index in [1.807, 2.05) is 0 Å². The van der Waals surface area contributed by atoms with Crippen molar-refractivity contribution in [3.8, 4) is 0 Å². The fourth-order valence-corrected chi connectivity index (χ4v) is 0.787. The maximum Gasteiger partial charge on any atom is 0.208 e. The van der Waals surface area contributed by atoms with Crippen LogP contribution in [0.4, 0.5) is 0 Å². The van der Waals surface area contributed by atoms with Crippen LogP contribution in [0.1, 0.15) is 6.92 Å². The summed E-state index contributed by atoms with van der Waals surface area (Å²) in [4.78, 5) is 0. The van der Waals surface area contributed by atoms with E-state index in [0.29, 0.717) is 6.54 Å². The molecule has 1 radical (unpaired) electrons. The van der Waals surface area contributed by atoms with Crippen molar-refractivity contribution in [1.29, 1.82) is 0 Å². The molecule has 0 unspecified atom stereocenters. The third-order valence-corrected chi connectivity index (χ3v) is 1.22. The second-order valence-electron chi connectivity index (χ2n) is 1.27. The van der Waals surface area contributed by atoms with Gasteiger partial charge in [-0.25, -0.2) is 13.1 Å². The van der Waals surface area contributed by atoms with Crippen molar-refractivity contribution in [2.45, 2.75) is 6.92 Å². The zero-order chi connectivity index (χ0) is 5.91. The quantitative estimate of drug-likeness (QED) is 0.517. The molecule has 0 aromatic rings. The van der Waals surface area contributed by atoms with Crippen LogP contribution in [0, 0.1) is 0 Å². The summed E-state index contributed by atoms with van der Waals surface area (Å²) in [7, 11) is -2.92. The van der Waals surface area contributed by atoms with Crippen LogP contribution in [0.15, 0.2) is 0 Å².